The molecule has 0 radical (unpaired) electrons. The highest BCUT2D eigenvalue weighted by Gasteiger charge is 2.04. The number of ketones is 1. The summed E-state index contributed by atoms with van der Waals surface area (Å²) in [4.78, 5) is 21.1. The molecule has 0 aliphatic carbocycles. The maximum absolute atomic E-state index is 10.8. The summed E-state index contributed by atoms with van der Waals surface area (Å²) in [5.74, 6) is 0.819. The number of nitrogens with zero attached hydrogens (tertiary/aromatic N) is 1. The second kappa shape index (κ2) is 3.49. The third kappa shape index (κ3) is 1.74. The van der Waals surface area contributed by atoms with Gasteiger partial charge in [-0.05, 0) is 19.1 Å². The number of carbonyl (C=O) groups excluding carboxylic acids is 1. The fourth-order valence-electron chi connectivity index (χ4n) is 1.32. The molecule has 0 aliphatic rings. The average molecular weight is 189 g/mol. The molecule has 2 heterocycles. The second-order valence-corrected chi connectivity index (χ2v) is 3.21. The maximum atomic E-state index is 10.8. The molecule has 0 aromatic carbocycles. The van der Waals surface area contributed by atoms with Crippen molar-refractivity contribution in [2.45, 2.75) is 13.3 Å². The van der Waals surface area contributed by atoms with Gasteiger partial charge in [0.15, 0.2) is 0 Å². The fraction of sp³-hybridized carbons (Fsp3) is 0.200. The molecule has 2 N–H and O–H groups in total. The monoisotopic (exact) mass is 189 g/mol. The van der Waals surface area contributed by atoms with Gasteiger partial charge in [0.25, 0.3) is 0 Å². The molecule has 0 atom stereocenters. The van der Waals surface area contributed by atoms with Gasteiger partial charge in [0.2, 0.25) is 0 Å². The normalized spacial score (nSPS) is 10.4. The van der Waals surface area contributed by atoms with Crippen molar-refractivity contribution in [1.82, 2.24) is 15.0 Å². The number of hydrogen-bond donors (Lipinski definition) is 2. The molecule has 0 spiro atoms. The predicted molar refractivity (Wildman–Crippen MR) is 52.8 cm³/mol. The van der Waals surface area contributed by atoms with Crippen LogP contribution in [0.3, 0.4) is 0 Å². The maximum Gasteiger partial charge on any atom is 0.137 e. The molecule has 14 heavy (non-hydrogen) atoms. The number of aromatic nitrogens is 3. The molecule has 2 rings (SSSR count). The van der Waals surface area contributed by atoms with Crippen LogP contribution in [0.2, 0.25) is 0 Å². The van der Waals surface area contributed by atoms with Gasteiger partial charge in [-0.25, -0.2) is 4.98 Å². The van der Waals surface area contributed by atoms with Crippen molar-refractivity contribution in [3.05, 3.63) is 30.4 Å². The van der Waals surface area contributed by atoms with E-state index in [0.717, 1.165) is 11.4 Å². The predicted octanol–water partition coefficient (Wildman–Crippen LogP) is 1.54. The molecule has 4 heteroatoms. The minimum Gasteiger partial charge on any atom is -0.360 e. The van der Waals surface area contributed by atoms with Crippen LogP contribution < -0.4 is 0 Å². The Hall–Kier alpha value is -1.84. The number of Topliss-reactive ketones (excluding diaryl/α,β-unsaturated/α-hetero) is 1. The Morgan fingerprint density at radius 1 is 1.50 bits per heavy atom. The number of aromatic amines is 2. The van der Waals surface area contributed by atoms with E-state index in [9.17, 15) is 4.79 Å². The van der Waals surface area contributed by atoms with E-state index in [1.54, 1.807) is 13.1 Å². The van der Waals surface area contributed by atoms with Crippen molar-refractivity contribution in [3.63, 3.8) is 0 Å². The Balaban J connectivity index is 2.22. The lowest BCUT2D eigenvalue weighted by molar-refractivity contribution is -0.116. The first-order valence-electron chi connectivity index (χ1n) is 4.43. The van der Waals surface area contributed by atoms with Crippen molar-refractivity contribution in [2.24, 2.45) is 0 Å². The summed E-state index contributed by atoms with van der Waals surface area (Å²) in [7, 11) is 0. The Morgan fingerprint density at radius 3 is 3.00 bits per heavy atom. The summed E-state index contributed by atoms with van der Waals surface area (Å²) in [5.41, 5.74) is 1.89. The van der Waals surface area contributed by atoms with Crippen LogP contribution in [0.25, 0.3) is 11.4 Å². The Kier molecular flexibility index (Phi) is 2.18. The number of H-pyrrole nitrogens is 2. The third-order valence-electron chi connectivity index (χ3n) is 1.93. The number of carbonyl (C=O) groups is 1. The largest absolute Gasteiger partial charge is 0.360 e. The molecule has 0 saturated carbocycles. The van der Waals surface area contributed by atoms with Crippen LogP contribution in [-0.2, 0) is 11.2 Å². The third-order valence-corrected chi connectivity index (χ3v) is 1.93. The summed E-state index contributed by atoms with van der Waals surface area (Å²) in [5, 5.41) is 0. The highest BCUT2D eigenvalue weighted by molar-refractivity contribution is 5.77. The van der Waals surface area contributed by atoms with Gasteiger partial charge in [0.05, 0.1) is 24.0 Å². The quantitative estimate of drug-likeness (QED) is 0.769. The van der Waals surface area contributed by atoms with Gasteiger partial charge >= 0.3 is 0 Å². The van der Waals surface area contributed by atoms with Crippen LogP contribution in [0.15, 0.2) is 24.5 Å². The van der Waals surface area contributed by atoms with Crippen LogP contribution >= 0.6 is 0 Å². The van der Waals surface area contributed by atoms with Gasteiger partial charge in [-0.15, -0.1) is 0 Å². The average Bonchev–Trinajstić information content (AvgIpc) is 2.69. The Labute approximate surface area is 81.4 Å². The highest BCUT2D eigenvalue weighted by atomic mass is 16.1. The number of hydrogen-bond acceptors (Lipinski definition) is 2. The first-order valence-corrected chi connectivity index (χ1v) is 4.43. The lowest BCUT2D eigenvalue weighted by atomic mass is 10.3. The molecule has 0 unspecified atom stereocenters. The number of nitrogens with one attached hydrogen (secondary N) is 2. The molecule has 72 valence electrons. The molecule has 4 nitrogen and oxygen atoms in total. The SMILES string of the molecule is CC(=O)Cc1ncc(-c2ccc[nH]2)[nH]1. The standard InChI is InChI=1S/C10H11N3O/c1-7(14)5-10-12-6-9(13-10)8-3-2-4-11-8/h2-4,6,11H,5H2,1H3,(H,12,13). The van der Waals surface area contributed by atoms with Crippen LogP contribution in [0.5, 0.6) is 0 Å². The van der Waals surface area contributed by atoms with Gasteiger partial charge < -0.3 is 9.97 Å². The van der Waals surface area contributed by atoms with Gasteiger partial charge in [-0.2, -0.15) is 0 Å². The molecule has 2 aromatic heterocycles. The van der Waals surface area contributed by atoms with Crippen LogP contribution in [0.1, 0.15) is 12.7 Å². The minimum absolute atomic E-state index is 0.109. The van der Waals surface area contributed by atoms with Crippen molar-refractivity contribution < 1.29 is 4.79 Å². The zero-order valence-electron chi connectivity index (χ0n) is 7.87. The van der Waals surface area contributed by atoms with E-state index >= 15 is 0 Å². The lowest BCUT2D eigenvalue weighted by Gasteiger charge is -1.91. The summed E-state index contributed by atoms with van der Waals surface area (Å²) >= 11 is 0. The van der Waals surface area contributed by atoms with Gasteiger partial charge in [-0.1, -0.05) is 0 Å². The lowest BCUT2D eigenvalue weighted by Crippen LogP contribution is -1.97. The zero-order chi connectivity index (χ0) is 9.97. The van der Waals surface area contributed by atoms with Crippen molar-refractivity contribution >= 4 is 5.78 Å². The number of rotatable bonds is 3. The molecule has 0 fully saturated rings. The first kappa shape index (κ1) is 8.74. The molecule has 0 saturated heterocycles. The van der Waals surface area contributed by atoms with E-state index in [1.807, 2.05) is 18.3 Å². The van der Waals surface area contributed by atoms with Crippen LogP contribution in [0, 0.1) is 0 Å². The van der Waals surface area contributed by atoms with E-state index in [1.165, 1.54) is 0 Å². The summed E-state index contributed by atoms with van der Waals surface area (Å²) in [6.45, 7) is 1.55. The van der Waals surface area contributed by atoms with Gasteiger partial charge in [0, 0.05) is 6.20 Å². The number of imidazole rings is 1. The molecular weight excluding hydrogens is 178 g/mol. The van der Waals surface area contributed by atoms with Crippen LogP contribution in [-0.4, -0.2) is 20.7 Å². The van der Waals surface area contributed by atoms with Crippen LogP contribution in [0.4, 0.5) is 0 Å². The topological polar surface area (TPSA) is 61.5 Å². The molecule has 0 bridgehead atoms. The Morgan fingerprint density at radius 2 is 2.36 bits per heavy atom. The van der Waals surface area contributed by atoms with E-state index < -0.39 is 0 Å². The van der Waals surface area contributed by atoms with Gasteiger partial charge in [0.1, 0.15) is 11.6 Å². The van der Waals surface area contributed by atoms with E-state index in [0.29, 0.717) is 12.2 Å². The van der Waals surface area contributed by atoms with E-state index in [2.05, 4.69) is 15.0 Å². The molecular formula is C10H11N3O. The summed E-state index contributed by atoms with van der Waals surface area (Å²) < 4.78 is 0. The molecule has 2 aromatic rings. The zero-order valence-corrected chi connectivity index (χ0v) is 7.87. The highest BCUT2D eigenvalue weighted by Crippen LogP contribution is 2.13. The second-order valence-electron chi connectivity index (χ2n) is 3.21. The van der Waals surface area contributed by atoms with E-state index in [4.69, 9.17) is 0 Å². The summed E-state index contributed by atoms with van der Waals surface area (Å²) in [6, 6.07) is 3.87. The summed E-state index contributed by atoms with van der Waals surface area (Å²) in [6.07, 6.45) is 3.94. The molecule has 0 amide bonds. The van der Waals surface area contributed by atoms with E-state index in [-0.39, 0.29) is 5.78 Å². The molecule has 0 aliphatic heterocycles. The Bertz CT molecular complexity index is 428. The van der Waals surface area contributed by atoms with Crippen molar-refractivity contribution in [2.75, 3.05) is 0 Å². The first-order chi connectivity index (χ1) is 6.75. The van der Waals surface area contributed by atoms with Crippen molar-refractivity contribution in [1.29, 1.82) is 0 Å². The minimum atomic E-state index is 0.109. The van der Waals surface area contributed by atoms with Crippen molar-refractivity contribution in [3.8, 4) is 11.4 Å². The smallest absolute Gasteiger partial charge is 0.137 e. The fourth-order valence-corrected chi connectivity index (χ4v) is 1.32. The van der Waals surface area contributed by atoms with Gasteiger partial charge in [-0.3, -0.25) is 4.79 Å².